The van der Waals surface area contributed by atoms with Crippen LogP contribution in [0, 0.1) is 5.92 Å². The Morgan fingerprint density at radius 3 is 2.56 bits per heavy atom. The van der Waals surface area contributed by atoms with Crippen LogP contribution in [0.1, 0.15) is 45.4 Å². The topological polar surface area (TPSA) is 164 Å². The van der Waals surface area contributed by atoms with Gasteiger partial charge >= 0.3 is 6.03 Å². The van der Waals surface area contributed by atoms with Gasteiger partial charge in [-0.05, 0) is 48.9 Å². The second-order valence-corrected chi connectivity index (χ2v) is 11.7. The molecule has 4 unspecified atom stereocenters. The Hall–Kier alpha value is -3.32. The largest absolute Gasteiger partial charge is 0.387 e. The number of carbonyl (C=O) groups is 1. The van der Waals surface area contributed by atoms with Crippen LogP contribution >= 0.6 is 0 Å². The standard InChI is InChI=1S/C27H38N8O4/c1-27(2,3)16-5-7-17(8-6-16)33-26(38)29-11-15-9-18(10-15)34(4)12-19-21(36)22(37)25(39-19)35-14-32-20-23(28)30-13-31-24(20)35/h5-8,13-15,18-19,21-22,25,36-37H,9-12H2,1-4H3,(H2,28,30,31)(H2,29,33,38). The summed E-state index contributed by atoms with van der Waals surface area (Å²) in [5, 5.41) is 27.3. The van der Waals surface area contributed by atoms with Gasteiger partial charge in [0.05, 0.1) is 6.33 Å². The summed E-state index contributed by atoms with van der Waals surface area (Å²) in [4.78, 5) is 26.9. The molecule has 1 aromatic carbocycles. The van der Waals surface area contributed by atoms with Crippen molar-refractivity contribution in [2.75, 3.05) is 31.2 Å². The second-order valence-electron chi connectivity index (χ2n) is 11.7. The molecule has 5 rings (SSSR count). The fourth-order valence-electron chi connectivity index (χ4n) is 5.29. The van der Waals surface area contributed by atoms with Gasteiger partial charge in [0.25, 0.3) is 0 Å². The number of anilines is 2. The molecule has 6 N–H and O–H groups in total. The number of nitrogens with two attached hydrogens (primary N) is 1. The minimum Gasteiger partial charge on any atom is -0.387 e. The zero-order valence-corrected chi connectivity index (χ0v) is 22.8. The van der Waals surface area contributed by atoms with Crippen LogP contribution < -0.4 is 16.4 Å². The van der Waals surface area contributed by atoms with Crippen LogP contribution in [-0.4, -0.2) is 85.2 Å². The number of hydrogen-bond donors (Lipinski definition) is 5. The highest BCUT2D eigenvalue weighted by Gasteiger charge is 2.45. The average molecular weight is 539 g/mol. The molecular formula is C27H38N8O4. The van der Waals surface area contributed by atoms with E-state index < -0.39 is 24.5 Å². The fraction of sp³-hybridized carbons (Fsp3) is 0.556. The number of imidazole rings is 1. The van der Waals surface area contributed by atoms with E-state index in [1.54, 1.807) is 4.57 Å². The van der Waals surface area contributed by atoms with Crippen molar-refractivity contribution in [1.82, 2.24) is 29.7 Å². The molecule has 0 bridgehead atoms. The summed E-state index contributed by atoms with van der Waals surface area (Å²) in [5.41, 5.74) is 8.77. The van der Waals surface area contributed by atoms with Crippen molar-refractivity contribution in [3.05, 3.63) is 42.5 Å². The molecule has 12 nitrogen and oxygen atoms in total. The number of fused-ring (bicyclic) bond motifs is 1. The third-order valence-corrected chi connectivity index (χ3v) is 7.86. The molecule has 0 radical (unpaired) electrons. The number of aromatic nitrogens is 4. The maximum Gasteiger partial charge on any atom is 0.319 e. The monoisotopic (exact) mass is 538 g/mol. The summed E-state index contributed by atoms with van der Waals surface area (Å²) in [5.74, 6) is 0.617. The number of aliphatic hydroxyl groups excluding tert-OH is 2. The van der Waals surface area contributed by atoms with Crippen molar-refractivity contribution >= 4 is 28.7 Å². The third-order valence-electron chi connectivity index (χ3n) is 7.86. The average Bonchev–Trinajstić information content (AvgIpc) is 3.40. The first-order valence-corrected chi connectivity index (χ1v) is 13.3. The number of nitrogens with zero attached hydrogens (tertiary/aromatic N) is 5. The van der Waals surface area contributed by atoms with Gasteiger partial charge in [-0.3, -0.25) is 4.57 Å². The lowest BCUT2D eigenvalue weighted by Crippen LogP contribution is -2.50. The smallest absolute Gasteiger partial charge is 0.319 e. The maximum atomic E-state index is 12.4. The Labute approximate surface area is 227 Å². The number of urea groups is 1. The number of amides is 2. The summed E-state index contributed by atoms with van der Waals surface area (Å²) < 4.78 is 7.65. The zero-order chi connectivity index (χ0) is 27.9. The molecule has 2 aliphatic rings. The molecule has 2 amide bonds. The molecule has 1 saturated carbocycles. The fourth-order valence-corrected chi connectivity index (χ4v) is 5.29. The van der Waals surface area contributed by atoms with E-state index in [2.05, 4.69) is 51.3 Å². The lowest BCUT2D eigenvalue weighted by Gasteiger charge is -2.42. The minimum absolute atomic E-state index is 0.0670. The zero-order valence-electron chi connectivity index (χ0n) is 22.8. The molecule has 2 fully saturated rings. The van der Waals surface area contributed by atoms with Gasteiger partial charge in [-0.15, -0.1) is 0 Å². The molecule has 210 valence electrons. The van der Waals surface area contributed by atoms with Crippen LogP contribution in [0.15, 0.2) is 36.9 Å². The first-order chi connectivity index (χ1) is 18.5. The van der Waals surface area contributed by atoms with E-state index in [1.165, 1.54) is 18.2 Å². The summed E-state index contributed by atoms with van der Waals surface area (Å²) >= 11 is 0. The van der Waals surface area contributed by atoms with E-state index in [0.717, 1.165) is 18.5 Å². The van der Waals surface area contributed by atoms with Gasteiger partial charge in [0.15, 0.2) is 17.7 Å². The van der Waals surface area contributed by atoms with Gasteiger partial charge in [-0.2, -0.15) is 0 Å². The maximum absolute atomic E-state index is 12.4. The van der Waals surface area contributed by atoms with Gasteiger partial charge in [0.2, 0.25) is 0 Å². The number of likely N-dealkylation sites (N-methyl/N-ethyl adjacent to an activating group) is 1. The van der Waals surface area contributed by atoms with Gasteiger partial charge in [0.1, 0.15) is 30.2 Å². The van der Waals surface area contributed by atoms with E-state index in [4.69, 9.17) is 10.5 Å². The van der Waals surface area contributed by atoms with Crippen molar-refractivity contribution in [1.29, 1.82) is 0 Å². The van der Waals surface area contributed by atoms with Gasteiger partial charge in [0, 0.05) is 24.8 Å². The van der Waals surface area contributed by atoms with Crippen LogP contribution in [0.5, 0.6) is 0 Å². The van der Waals surface area contributed by atoms with Crippen LogP contribution in [0.2, 0.25) is 0 Å². The van der Waals surface area contributed by atoms with E-state index in [0.29, 0.717) is 36.2 Å². The lowest BCUT2D eigenvalue weighted by molar-refractivity contribution is -0.0510. The number of aliphatic hydroxyl groups is 2. The number of nitrogen functional groups attached to an aromatic ring is 1. The molecule has 39 heavy (non-hydrogen) atoms. The number of hydrogen-bond acceptors (Lipinski definition) is 9. The molecule has 1 aliphatic carbocycles. The van der Waals surface area contributed by atoms with Crippen molar-refractivity contribution in [3.63, 3.8) is 0 Å². The Balaban J connectivity index is 1.07. The predicted octanol–water partition coefficient (Wildman–Crippen LogP) is 1.86. The second kappa shape index (κ2) is 10.7. The SMILES string of the molecule is CN(CC1OC(n2cnc3c(N)ncnc32)C(O)C1O)C1CC(CNC(=O)Nc2ccc(C(C)(C)C)cc2)C1. The number of benzene rings is 1. The van der Waals surface area contributed by atoms with Gasteiger partial charge in [-0.25, -0.2) is 19.7 Å². The molecule has 3 aromatic rings. The summed E-state index contributed by atoms with van der Waals surface area (Å²) in [6, 6.07) is 8.02. The van der Waals surface area contributed by atoms with Crippen molar-refractivity contribution in [2.24, 2.45) is 5.92 Å². The number of rotatable bonds is 7. The van der Waals surface area contributed by atoms with Crippen LogP contribution in [0.4, 0.5) is 16.3 Å². The Kier molecular flexibility index (Phi) is 7.47. The quantitative estimate of drug-likeness (QED) is 0.302. The third kappa shape index (κ3) is 5.69. The lowest BCUT2D eigenvalue weighted by atomic mass is 9.79. The van der Waals surface area contributed by atoms with Crippen LogP contribution in [0.25, 0.3) is 11.2 Å². The van der Waals surface area contributed by atoms with E-state index in [-0.39, 0.29) is 17.3 Å². The van der Waals surface area contributed by atoms with Gasteiger partial charge in [-0.1, -0.05) is 32.9 Å². The number of ether oxygens (including phenoxy) is 1. The summed E-state index contributed by atoms with van der Waals surface area (Å²) in [7, 11) is 1.98. The van der Waals surface area contributed by atoms with Crippen molar-refractivity contribution in [3.8, 4) is 0 Å². The molecule has 3 heterocycles. The normalized spacial score (nSPS) is 27.1. The molecule has 0 spiro atoms. The Morgan fingerprint density at radius 2 is 1.87 bits per heavy atom. The molecule has 12 heteroatoms. The predicted molar refractivity (Wildman–Crippen MR) is 147 cm³/mol. The molecule has 2 aromatic heterocycles. The highest BCUT2D eigenvalue weighted by molar-refractivity contribution is 5.89. The highest BCUT2D eigenvalue weighted by Crippen LogP contribution is 2.35. The summed E-state index contributed by atoms with van der Waals surface area (Å²) in [6.45, 7) is 7.52. The molecule has 1 aliphatic heterocycles. The molecule has 1 saturated heterocycles. The van der Waals surface area contributed by atoms with Crippen molar-refractivity contribution in [2.45, 2.75) is 69.6 Å². The first-order valence-electron chi connectivity index (χ1n) is 13.3. The minimum atomic E-state index is -1.14. The van der Waals surface area contributed by atoms with E-state index in [9.17, 15) is 15.0 Å². The van der Waals surface area contributed by atoms with E-state index in [1.807, 2.05) is 31.3 Å². The Morgan fingerprint density at radius 1 is 1.15 bits per heavy atom. The van der Waals surface area contributed by atoms with E-state index >= 15 is 0 Å². The molecule has 4 atom stereocenters. The number of nitrogens with one attached hydrogen (secondary N) is 2. The number of carbonyl (C=O) groups excluding carboxylic acids is 1. The van der Waals surface area contributed by atoms with Gasteiger partial charge < -0.3 is 36.2 Å². The molecular weight excluding hydrogens is 500 g/mol. The van der Waals surface area contributed by atoms with Crippen LogP contribution in [-0.2, 0) is 10.2 Å². The summed E-state index contributed by atoms with van der Waals surface area (Å²) in [6.07, 6.45) is 1.05. The van der Waals surface area contributed by atoms with Crippen LogP contribution in [0.3, 0.4) is 0 Å². The Bertz CT molecular complexity index is 1300. The first kappa shape index (κ1) is 27.3. The van der Waals surface area contributed by atoms with Crippen molar-refractivity contribution < 1.29 is 19.7 Å². The highest BCUT2D eigenvalue weighted by atomic mass is 16.6.